The zero-order chi connectivity index (χ0) is 13.3. The Hall–Kier alpha value is -0.990. The van der Waals surface area contributed by atoms with Gasteiger partial charge in [0.2, 0.25) is 11.8 Å². The van der Waals surface area contributed by atoms with Gasteiger partial charge in [0.1, 0.15) is 5.54 Å². The van der Waals surface area contributed by atoms with Crippen LogP contribution in [0, 0.1) is 0 Å². The standard InChI is InChI=1S/C9H17N3O4S/c1-4-5-10-17(15,16)12-6-7(13)11-8(14)9(12,2)3/h10H,4-6H2,1-3H3,(H,11,13,14). The molecule has 0 unspecified atom stereocenters. The summed E-state index contributed by atoms with van der Waals surface area (Å²) in [6, 6.07) is 0. The molecule has 1 aliphatic rings. The van der Waals surface area contributed by atoms with Crippen LogP contribution in [-0.2, 0) is 19.8 Å². The molecule has 0 aromatic carbocycles. The molecule has 2 amide bonds. The maximum Gasteiger partial charge on any atom is 0.280 e. The third-order valence-electron chi connectivity index (χ3n) is 2.54. The Morgan fingerprint density at radius 2 is 2.00 bits per heavy atom. The van der Waals surface area contributed by atoms with Crippen LogP contribution in [0.4, 0.5) is 0 Å². The summed E-state index contributed by atoms with van der Waals surface area (Å²) in [5.41, 5.74) is -1.27. The van der Waals surface area contributed by atoms with E-state index in [0.717, 1.165) is 4.31 Å². The van der Waals surface area contributed by atoms with Crippen LogP contribution in [0.15, 0.2) is 0 Å². The Labute approximate surface area is 101 Å². The summed E-state index contributed by atoms with van der Waals surface area (Å²) in [5, 5.41) is 2.12. The maximum absolute atomic E-state index is 11.9. The van der Waals surface area contributed by atoms with Crippen LogP contribution in [0.3, 0.4) is 0 Å². The molecule has 1 heterocycles. The molecule has 8 heteroatoms. The Morgan fingerprint density at radius 1 is 1.41 bits per heavy atom. The number of imide groups is 1. The van der Waals surface area contributed by atoms with Crippen LogP contribution in [0.5, 0.6) is 0 Å². The van der Waals surface area contributed by atoms with Gasteiger partial charge >= 0.3 is 0 Å². The van der Waals surface area contributed by atoms with Gasteiger partial charge in [-0.25, -0.2) is 4.72 Å². The number of hydrogen-bond acceptors (Lipinski definition) is 4. The summed E-state index contributed by atoms with van der Waals surface area (Å²) < 4.78 is 27.1. The van der Waals surface area contributed by atoms with E-state index >= 15 is 0 Å². The van der Waals surface area contributed by atoms with Gasteiger partial charge in [0.05, 0.1) is 6.54 Å². The molecule has 1 aliphatic heterocycles. The van der Waals surface area contributed by atoms with Gasteiger partial charge in [0, 0.05) is 6.54 Å². The van der Waals surface area contributed by atoms with Gasteiger partial charge in [0.15, 0.2) is 0 Å². The average molecular weight is 263 g/mol. The van der Waals surface area contributed by atoms with Crippen molar-refractivity contribution in [2.24, 2.45) is 0 Å². The highest BCUT2D eigenvalue weighted by Gasteiger charge is 2.46. The van der Waals surface area contributed by atoms with Crippen LogP contribution in [0.25, 0.3) is 0 Å². The normalized spacial score (nSPS) is 21.4. The molecule has 7 nitrogen and oxygen atoms in total. The predicted octanol–water partition coefficient (Wildman–Crippen LogP) is -1.03. The van der Waals surface area contributed by atoms with Crippen LogP contribution in [-0.4, -0.2) is 43.2 Å². The number of rotatable bonds is 4. The van der Waals surface area contributed by atoms with E-state index in [9.17, 15) is 18.0 Å². The average Bonchev–Trinajstić information content (AvgIpc) is 2.21. The fourth-order valence-corrected chi connectivity index (χ4v) is 3.04. The fourth-order valence-electron chi connectivity index (χ4n) is 1.45. The van der Waals surface area contributed by atoms with E-state index in [-0.39, 0.29) is 13.1 Å². The van der Waals surface area contributed by atoms with Gasteiger partial charge < -0.3 is 0 Å². The van der Waals surface area contributed by atoms with Crippen molar-refractivity contribution in [2.45, 2.75) is 32.7 Å². The quantitative estimate of drug-likeness (QED) is 0.634. The second-order valence-electron chi connectivity index (χ2n) is 4.34. The van der Waals surface area contributed by atoms with E-state index in [1.54, 1.807) is 0 Å². The van der Waals surface area contributed by atoms with Crippen molar-refractivity contribution >= 4 is 22.0 Å². The molecule has 0 aromatic heterocycles. The summed E-state index contributed by atoms with van der Waals surface area (Å²) in [4.78, 5) is 22.8. The first kappa shape index (κ1) is 14.1. The van der Waals surface area contributed by atoms with Crippen molar-refractivity contribution in [3.8, 4) is 0 Å². The van der Waals surface area contributed by atoms with E-state index in [4.69, 9.17) is 0 Å². The number of carbonyl (C=O) groups excluding carboxylic acids is 2. The molecule has 98 valence electrons. The summed E-state index contributed by atoms with van der Waals surface area (Å²) in [5.74, 6) is -1.23. The Bertz CT molecular complexity index is 430. The van der Waals surface area contributed by atoms with Crippen molar-refractivity contribution in [1.29, 1.82) is 0 Å². The molecular weight excluding hydrogens is 246 g/mol. The van der Waals surface area contributed by atoms with Crippen molar-refractivity contribution in [1.82, 2.24) is 14.3 Å². The fraction of sp³-hybridized carbons (Fsp3) is 0.778. The maximum atomic E-state index is 11.9. The topological polar surface area (TPSA) is 95.6 Å². The number of nitrogens with one attached hydrogen (secondary N) is 2. The smallest absolute Gasteiger partial charge is 0.280 e. The number of carbonyl (C=O) groups is 2. The van der Waals surface area contributed by atoms with Crippen LogP contribution in [0.2, 0.25) is 0 Å². The Morgan fingerprint density at radius 3 is 2.53 bits per heavy atom. The first-order chi connectivity index (χ1) is 7.71. The third kappa shape index (κ3) is 2.82. The van der Waals surface area contributed by atoms with Crippen LogP contribution in [0.1, 0.15) is 27.2 Å². The second-order valence-corrected chi connectivity index (χ2v) is 6.02. The molecule has 2 N–H and O–H groups in total. The first-order valence-electron chi connectivity index (χ1n) is 5.33. The van der Waals surface area contributed by atoms with Crippen molar-refractivity contribution in [2.75, 3.05) is 13.1 Å². The summed E-state index contributed by atoms with van der Waals surface area (Å²) in [6.07, 6.45) is 0.633. The minimum absolute atomic E-state index is 0.269. The van der Waals surface area contributed by atoms with Crippen LogP contribution >= 0.6 is 0 Å². The van der Waals surface area contributed by atoms with Crippen molar-refractivity contribution in [3.63, 3.8) is 0 Å². The monoisotopic (exact) mass is 263 g/mol. The summed E-state index contributed by atoms with van der Waals surface area (Å²) in [6.45, 7) is 4.66. The van der Waals surface area contributed by atoms with Crippen LogP contribution < -0.4 is 10.0 Å². The molecule has 0 atom stereocenters. The highest BCUT2D eigenvalue weighted by atomic mass is 32.2. The molecular formula is C9H17N3O4S. The number of hydrogen-bond donors (Lipinski definition) is 2. The molecule has 0 aromatic rings. The zero-order valence-corrected chi connectivity index (χ0v) is 10.9. The lowest BCUT2D eigenvalue weighted by atomic mass is 10.0. The molecule has 1 saturated heterocycles. The molecule has 0 bridgehead atoms. The molecule has 0 spiro atoms. The summed E-state index contributed by atoms with van der Waals surface area (Å²) in [7, 11) is -3.82. The number of piperazine rings is 1. The van der Waals surface area contributed by atoms with E-state index in [1.165, 1.54) is 13.8 Å². The van der Waals surface area contributed by atoms with E-state index in [2.05, 4.69) is 10.0 Å². The van der Waals surface area contributed by atoms with E-state index in [0.29, 0.717) is 6.42 Å². The van der Waals surface area contributed by atoms with Crippen molar-refractivity contribution < 1.29 is 18.0 Å². The predicted molar refractivity (Wildman–Crippen MR) is 61.1 cm³/mol. The first-order valence-corrected chi connectivity index (χ1v) is 6.77. The molecule has 1 fully saturated rings. The van der Waals surface area contributed by atoms with E-state index in [1.807, 2.05) is 6.92 Å². The SMILES string of the molecule is CCCNS(=O)(=O)N1CC(=O)NC(=O)C1(C)C. The highest BCUT2D eigenvalue weighted by Crippen LogP contribution is 2.20. The lowest BCUT2D eigenvalue weighted by Gasteiger charge is -2.38. The lowest BCUT2D eigenvalue weighted by molar-refractivity contribution is -0.141. The van der Waals surface area contributed by atoms with Gasteiger partial charge in [-0.05, 0) is 20.3 Å². The third-order valence-corrected chi connectivity index (χ3v) is 4.28. The minimum atomic E-state index is -3.82. The molecule has 0 saturated carbocycles. The van der Waals surface area contributed by atoms with Gasteiger partial charge in [-0.15, -0.1) is 0 Å². The van der Waals surface area contributed by atoms with Gasteiger partial charge in [-0.1, -0.05) is 6.92 Å². The zero-order valence-electron chi connectivity index (χ0n) is 10.1. The Balaban J connectivity index is 3.01. The molecule has 0 radical (unpaired) electrons. The molecule has 0 aliphatic carbocycles. The Kier molecular flexibility index (Phi) is 3.90. The lowest BCUT2D eigenvalue weighted by Crippen LogP contribution is -2.67. The van der Waals surface area contributed by atoms with Gasteiger partial charge in [-0.2, -0.15) is 12.7 Å². The number of amides is 2. The van der Waals surface area contributed by atoms with Crippen molar-refractivity contribution in [3.05, 3.63) is 0 Å². The van der Waals surface area contributed by atoms with Gasteiger partial charge in [0.25, 0.3) is 10.2 Å². The molecule has 1 rings (SSSR count). The molecule has 17 heavy (non-hydrogen) atoms. The second kappa shape index (κ2) is 4.71. The largest absolute Gasteiger partial charge is 0.294 e. The van der Waals surface area contributed by atoms with Gasteiger partial charge in [-0.3, -0.25) is 14.9 Å². The number of nitrogens with zero attached hydrogens (tertiary/aromatic N) is 1. The van der Waals surface area contributed by atoms with E-state index < -0.39 is 27.6 Å². The summed E-state index contributed by atoms with van der Waals surface area (Å²) >= 11 is 0. The highest BCUT2D eigenvalue weighted by molar-refractivity contribution is 7.87. The minimum Gasteiger partial charge on any atom is -0.294 e.